The molecular weight excluding hydrogens is 328 g/mol. The zero-order valence-corrected chi connectivity index (χ0v) is 13.6. The molecule has 2 aromatic carbocycles. The second-order valence-corrected chi connectivity index (χ2v) is 5.95. The minimum absolute atomic E-state index is 0.212. The van der Waals surface area contributed by atoms with Crippen LogP contribution in [0.15, 0.2) is 58.1 Å². The van der Waals surface area contributed by atoms with Gasteiger partial charge in [-0.15, -0.1) is 0 Å². The molecule has 0 atom stereocenters. The Balaban J connectivity index is 1.98. The van der Waals surface area contributed by atoms with E-state index in [2.05, 4.69) is 40.3 Å². The fraction of sp³-hybridized carbons (Fsp3) is 0.176. The van der Waals surface area contributed by atoms with Gasteiger partial charge in [0.05, 0.1) is 6.21 Å². The standard InChI is InChI=1S/C17H17BrN2O/c1-12(2)14-6-8-15(9-7-14)17(21)20-19-11-13-4-3-5-16(18)10-13/h3-12H,1-2H3,(H,20,21). The van der Waals surface area contributed by atoms with Crippen LogP contribution in [0.5, 0.6) is 0 Å². The van der Waals surface area contributed by atoms with Crippen LogP contribution in [0.1, 0.15) is 41.3 Å². The number of benzene rings is 2. The molecule has 0 saturated heterocycles. The first-order chi connectivity index (χ1) is 10.1. The van der Waals surface area contributed by atoms with Crippen molar-refractivity contribution in [2.75, 3.05) is 0 Å². The van der Waals surface area contributed by atoms with Gasteiger partial charge in [0.15, 0.2) is 0 Å². The molecule has 0 bridgehead atoms. The van der Waals surface area contributed by atoms with Crippen molar-refractivity contribution in [1.82, 2.24) is 5.43 Å². The number of amides is 1. The summed E-state index contributed by atoms with van der Waals surface area (Å²) in [5, 5.41) is 3.97. The molecule has 0 spiro atoms. The maximum atomic E-state index is 11.9. The lowest BCUT2D eigenvalue weighted by molar-refractivity contribution is 0.0955. The molecule has 21 heavy (non-hydrogen) atoms. The van der Waals surface area contributed by atoms with Crippen LogP contribution in [0.25, 0.3) is 0 Å². The summed E-state index contributed by atoms with van der Waals surface area (Å²) in [7, 11) is 0. The van der Waals surface area contributed by atoms with Gasteiger partial charge in [-0.05, 0) is 41.3 Å². The molecule has 2 aromatic rings. The molecular formula is C17H17BrN2O. The lowest BCUT2D eigenvalue weighted by Gasteiger charge is -2.05. The van der Waals surface area contributed by atoms with E-state index in [1.165, 1.54) is 5.56 Å². The Morgan fingerprint density at radius 3 is 2.52 bits per heavy atom. The molecule has 1 amide bonds. The van der Waals surface area contributed by atoms with Crippen LogP contribution in [-0.4, -0.2) is 12.1 Å². The number of halogens is 1. The molecule has 1 N–H and O–H groups in total. The van der Waals surface area contributed by atoms with E-state index in [9.17, 15) is 4.79 Å². The van der Waals surface area contributed by atoms with Gasteiger partial charge in [0, 0.05) is 10.0 Å². The zero-order valence-electron chi connectivity index (χ0n) is 12.0. The predicted molar refractivity (Wildman–Crippen MR) is 89.7 cm³/mol. The quantitative estimate of drug-likeness (QED) is 0.650. The summed E-state index contributed by atoms with van der Waals surface area (Å²) >= 11 is 3.39. The van der Waals surface area contributed by atoms with Crippen LogP contribution in [0.4, 0.5) is 0 Å². The number of nitrogens with one attached hydrogen (secondary N) is 1. The Morgan fingerprint density at radius 2 is 1.90 bits per heavy atom. The van der Waals surface area contributed by atoms with Gasteiger partial charge < -0.3 is 0 Å². The van der Waals surface area contributed by atoms with Gasteiger partial charge in [-0.25, -0.2) is 5.43 Å². The summed E-state index contributed by atoms with van der Waals surface area (Å²) in [6, 6.07) is 15.3. The summed E-state index contributed by atoms with van der Waals surface area (Å²) in [5.41, 5.74) is 5.26. The molecule has 3 nitrogen and oxygen atoms in total. The highest BCUT2D eigenvalue weighted by Gasteiger charge is 2.05. The highest BCUT2D eigenvalue weighted by Crippen LogP contribution is 2.14. The van der Waals surface area contributed by atoms with Crippen molar-refractivity contribution in [1.29, 1.82) is 0 Å². The molecule has 0 aliphatic carbocycles. The van der Waals surface area contributed by atoms with Crippen molar-refractivity contribution >= 4 is 28.1 Å². The van der Waals surface area contributed by atoms with Gasteiger partial charge in [-0.3, -0.25) is 4.79 Å². The second-order valence-electron chi connectivity index (χ2n) is 5.03. The van der Waals surface area contributed by atoms with E-state index in [-0.39, 0.29) is 5.91 Å². The molecule has 0 fully saturated rings. The Kier molecular flexibility index (Phi) is 5.28. The largest absolute Gasteiger partial charge is 0.271 e. The minimum Gasteiger partial charge on any atom is -0.267 e. The van der Waals surface area contributed by atoms with Crippen molar-refractivity contribution in [2.45, 2.75) is 19.8 Å². The summed E-state index contributed by atoms with van der Waals surface area (Å²) < 4.78 is 0.974. The molecule has 0 aliphatic rings. The van der Waals surface area contributed by atoms with Crippen molar-refractivity contribution in [2.24, 2.45) is 5.10 Å². The molecule has 4 heteroatoms. The summed E-state index contributed by atoms with van der Waals surface area (Å²) in [6.45, 7) is 4.24. The highest BCUT2D eigenvalue weighted by atomic mass is 79.9. The first-order valence-electron chi connectivity index (χ1n) is 6.75. The number of hydrogen-bond acceptors (Lipinski definition) is 2. The Hall–Kier alpha value is -1.94. The molecule has 2 rings (SSSR count). The summed E-state index contributed by atoms with van der Waals surface area (Å²) in [4.78, 5) is 11.9. The Morgan fingerprint density at radius 1 is 1.19 bits per heavy atom. The highest BCUT2D eigenvalue weighted by molar-refractivity contribution is 9.10. The van der Waals surface area contributed by atoms with Gasteiger partial charge in [-0.1, -0.05) is 54.0 Å². The smallest absolute Gasteiger partial charge is 0.267 e. The fourth-order valence-electron chi connectivity index (χ4n) is 1.84. The van der Waals surface area contributed by atoms with E-state index >= 15 is 0 Å². The normalized spacial score (nSPS) is 11.0. The average molecular weight is 345 g/mol. The SMILES string of the molecule is CC(C)c1ccc(C(=O)NN=Cc2cccc(Br)c2)cc1. The molecule has 0 unspecified atom stereocenters. The lowest BCUT2D eigenvalue weighted by Crippen LogP contribution is -2.17. The first-order valence-corrected chi connectivity index (χ1v) is 7.54. The molecule has 108 valence electrons. The summed E-state index contributed by atoms with van der Waals surface area (Å²) in [5.74, 6) is 0.244. The number of hydrogen-bond donors (Lipinski definition) is 1. The predicted octanol–water partition coefficient (Wildman–Crippen LogP) is 4.34. The third-order valence-corrected chi connectivity index (χ3v) is 3.56. The van der Waals surface area contributed by atoms with Crippen LogP contribution >= 0.6 is 15.9 Å². The van der Waals surface area contributed by atoms with Gasteiger partial charge in [-0.2, -0.15) is 5.10 Å². The monoisotopic (exact) mass is 344 g/mol. The molecule has 0 aromatic heterocycles. The number of nitrogens with zero attached hydrogens (tertiary/aromatic N) is 1. The van der Waals surface area contributed by atoms with E-state index in [1.54, 1.807) is 6.21 Å². The van der Waals surface area contributed by atoms with Gasteiger partial charge in [0.25, 0.3) is 5.91 Å². The van der Waals surface area contributed by atoms with Crippen molar-refractivity contribution < 1.29 is 4.79 Å². The van der Waals surface area contributed by atoms with E-state index in [1.807, 2.05) is 48.5 Å². The maximum absolute atomic E-state index is 11.9. The van der Waals surface area contributed by atoms with Crippen molar-refractivity contribution in [3.8, 4) is 0 Å². The molecule has 0 saturated carbocycles. The Bertz CT molecular complexity index is 648. The Labute approximate surface area is 133 Å². The maximum Gasteiger partial charge on any atom is 0.271 e. The zero-order chi connectivity index (χ0) is 15.2. The number of carbonyl (C=O) groups excluding carboxylic acids is 1. The van der Waals surface area contributed by atoms with Crippen molar-refractivity contribution in [3.05, 3.63) is 69.7 Å². The first kappa shape index (κ1) is 15.4. The van der Waals surface area contributed by atoms with Gasteiger partial charge in [0.2, 0.25) is 0 Å². The van der Waals surface area contributed by atoms with Crippen molar-refractivity contribution in [3.63, 3.8) is 0 Å². The molecule has 0 heterocycles. The van der Waals surface area contributed by atoms with E-state index < -0.39 is 0 Å². The number of rotatable bonds is 4. The van der Waals surface area contributed by atoms with Crippen LogP contribution in [0, 0.1) is 0 Å². The van der Waals surface area contributed by atoms with Crippen LogP contribution in [-0.2, 0) is 0 Å². The number of carbonyl (C=O) groups is 1. The fourth-order valence-corrected chi connectivity index (χ4v) is 2.25. The molecule has 0 aliphatic heterocycles. The molecule has 0 radical (unpaired) electrons. The van der Waals surface area contributed by atoms with Gasteiger partial charge in [0.1, 0.15) is 0 Å². The van der Waals surface area contributed by atoms with Crippen LogP contribution < -0.4 is 5.43 Å². The van der Waals surface area contributed by atoms with E-state index in [0.29, 0.717) is 11.5 Å². The third kappa shape index (κ3) is 4.53. The number of hydrazone groups is 1. The second kappa shape index (κ2) is 7.18. The minimum atomic E-state index is -0.212. The van der Waals surface area contributed by atoms with E-state index in [4.69, 9.17) is 0 Å². The summed E-state index contributed by atoms with van der Waals surface area (Å²) in [6.07, 6.45) is 1.62. The average Bonchev–Trinajstić information content (AvgIpc) is 2.47. The lowest BCUT2D eigenvalue weighted by atomic mass is 10.0. The van der Waals surface area contributed by atoms with Gasteiger partial charge >= 0.3 is 0 Å². The van der Waals surface area contributed by atoms with Crippen LogP contribution in [0.3, 0.4) is 0 Å². The third-order valence-electron chi connectivity index (χ3n) is 3.07. The van der Waals surface area contributed by atoms with E-state index in [0.717, 1.165) is 10.0 Å². The topological polar surface area (TPSA) is 41.5 Å². The van der Waals surface area contributed by atoms with Crippen LogP contribution in [0.2, 0.25) is 0 Å².